The third-order valence-corrected chi connectivity index (χ3v) is 3.66. The number of nitrogens with one attached hydrogen (secondary N) is 1. The van der Waals surface area contributed by atoms with Gasteiger partial charge in [0.25, 0.3) is 5.91 Å². The van der Waals surface area contributed by atoms with Crippen LogP contribution in [0.1, 0.15) is 5.56 Å². The van der Waals surface area contributed by atoms with Gasteiger partial charge in [-0.25, -0.2) is 5.43 Å². The van der Waals surface area contributed by atoms with E-state index in [-0.39, 0.29) is 12.5 Å². The molecule has 1 N–H and O–H groups in total. The Morgan fingerprint density at radius 3 is 2.88 bits per heavy atom. The summed E-state index contributed by atoms with van der Waals surface area (Å²) in [6, 6.07) is 12.4. The van der Waals surface area contributed by atoms with Gasteiger partial charge in [0.2, 0.25) is 6.10 Å². The zero-order valence-corrected chi connectivity index (χ0v) is 13.6. The van der Waals surface area contributed by atoms with Crippen molar-refractivity contribution in [3.63, 3.8) is 0 Å². The lowest BCUT2D eigenvalue weighted by molar-refractivity contribution is -0.130. The van der Waals surface area contributed by atoms with Gasteiger partial charge in [0.1, 0.15) is 12.4 Å². The van der Waals surface area contributed by atoms with Gasteiger partial charge in [0.15, 0.2) is 11.5 Å². The Morgan fingerprint density at radius 2 is 2.12 bits per heavy atom. The van der Waals surface area contributed by atoms with E-state index in [0.29, 0.717) is 22.3 Å². The summed E-state index contributed by atoms with van der Waals surface area (Å²) >= 11 is 6.03. The van der Waals surface area contributed by atoms with Crippen molar-refractivity contribution in [2.24, 2.45) is 5.10 Å². The van der Waals surface area contributed by atoms with Crippen LogP contribution in [0.5, 0.6) is 17.2 Å². The molecule has 0 aromatic heterocycles. The third-order valence-electron chi connectivity index (χ3n) is 3.37. The molecule has 0 spiro atoms. The number of rotatable bonds is 4. The molecule has 6 nitrogen and oxygen atoms in total. The maximum Gasteiger partial charge on any atom is 0.284 e. The smallest absolute Gasteiger partial charge is 0.284 e. The largest absolute Gasteiger partial charge is 0.495 e. The van der Waals surface area contributed by atoms with Crippen molar-refractivity contribution < 1.29 is 19.0 Å². The van der Waals surface area contributed by atoms with Crippen LogP contribution in [0.15, 0.2) is 47.6 Å². The van der Waals surface area contributed by atoms with E-state index in [1.54, 1.807) is 37.4 Å². The Bertz CT molecular complexity index is 779. The average molecular weight is 347 g/mol. The molecule has 0 saturated heterocycles. The second kappa shape index (κ2) is 7.23. The van der Waals surface area contributed by atoms with Crippen molar-refractivity contribution in [3.8, 4) is 17.2 Å². The molecule has 24 heavy (non-hydrogen) atoms. The zero-order valence-electron chi connectivity index (χ0n) is 12.9. The van der Waals surface area contributed by atoms with Crippen molar-refractivity contribution in [1.29, 1.82) is 0 Å². The van der Waals surface area contributed by atoms with E-state index in [2.05, 4.69) is 10.5 Å². The van der Waals surface area contributed by atoms with Crippen molar-refractivity contribution in [1.82, 2.24) is 5.43 Å². The lowest BCUT2D eigenvalue weighted by Crippen LogP contribution is -2.42. The lowest BCUT2D eigenvalue weighted by Gasteiger charge is -2.24. The molecular weight excluding hydrogens is 332 g/mol. The Kier molecular flexibility index (Phi) is 4.86. The van der Waals surface area contributed by atoms with E-state index in [1.807, 2.05) is 12.1 Å². The molecule has 0 saturated carbocycles. The maximum absolute atomic E-state index is 12.1. The molecule has 0 fully saturated rings. The lowest BCUT2D eigenvalue weighted by atomic mass is 10.2. The highest BCUT2D eigenvalue weighted by Gasteiger charge is 2.26. The van der Waals surface area contributed by atoms with Gasteiger partial charge in [-0.1, -0.05) is 23.7 Å². The number of hydrogen-bond donors (Lipinski definition) is 1. The fourth-order valence-electron chi connectivity index (χ4n) is 2.15. The topological polar surface area (TPSA) is 69.2 Å². The number of halogens is 1. The molecule has 1 atom stereocenters. The monoisotopic (exact) mass is 346 g/mol. The minimum absolute atomic E-state index is 0.132. The average Bonchev–Trinajstić information content (AvgIpc) is 2.61. The van der Waals surface area contributed by atoms with Crippen LogP contribution in [0.25, 0.3) is 0 Å². The summed E-state index contributed by atoms with van der Waals surface area (Å²) in [5.41, 5.74) is 3.16. The van der Waals surface area contributed by atoms with Crippen LogP contribution in [0.2, 0.25) is 5.02 Å². The molecule has 0 radical (unpaired) electrons. The normalized spacial score (nSPS) is 16.0. The molecule has 3 rings (SSSR count). The standard InChI is InChI=1S/C17H15ClN2O4/c1-22-13-7-6-11(8-12(13)18)9-19-20-17(21)16-10-23-14-4-2-3-5-15(14)24-16/h2-9,16H,10H2,1H3,(H,20,21)/t16-/m1/s1. The number of methoxy groups -OCH3 is 1. The van der Waals surface area contributed by atoms with E-state index >= 15 is 0 Å². The number of carbonyl (C=O) groups excluding carboxylic acids is 1. The molecule has 1 heterocycles. The summed E-state index contributed by atoms with van der Waals surface area (Å²) in [6.45, 7) is 0.132. The highest BCUT2D eigenvalue weighted by molar-refractivity contribution is 6.32. The number of hydrazone groups is 1. The molecule has 0 bridgehead atoms. The van der Waals surface area contributed by atoms with E-state index in [1.165, 1.54) is 6.21 Å². The van der Waals surface area contributed by atoms with Gasteiger partial charge in [0, 0.05) is 0 Å². The van der Waals surface area contributed by atoms with Crippen LogP contribution in [0.3, 0.4) is 0 Å². The summed E-state index contributed by atoms with van der Waals surface area (Å²) in [5.74, 6) is 1.34. The van der Waals surface area contributed by atoms with Crippen molar-refractivity contribution in [2.45, 2.75) is 6.10 Å². The van der Waals surface area contributed by atoms with Crippen molar-refractivity contribution in [2.75, 3.05) is 13.7 Å². The molecule has 124 valence electrons. The number of hydrogen-bond acceptors (Lipinski definition) is 5. The Hall–Kier alpha value is -2.73. The molecule has 7 heteroatoms. The Balaban J connectivity index is 1.59. The highest BCUT2D eigenvalue weighted by Crippen LogP contribution is 2.30. The maximum atomic E-state index is 12.1. The number of carbonyl (C=O) groups is 1. The summed E-state index contributed by atoms with van der Waals surface area (Å²) in [4.78, 5) is 12.1. The summed E-state index contributed by atoms with van der Waals surface area (Å²) in [7, 11) is 1.54. The predicted molar refractivity (Wildman–Crippen MR) is 90.1 cm³/mol. The number of para-hydroxylation sites is 2. The number of ether oxygens (including phenoxy) is 3. The first-order chi connectivity index (χ1) is 11.7. The van der Waals surface area contributed by atoms with Crippen LogP contribution in [0.4, 0.5) is 0 Å². The first kappa shape index (κ1) is 16.1. The van der Waals surface area contributed by atoms with Crippen LogP contribution in [-0.4, -0.2) is 31.9 Å². The van der Waals surface area contributed by atoms with Gasteiger partial charge in [-0.2, -0.15) is 5.10 Å². The van der Waals surface area contributed by atoms with E-state index < -0.39 is 6.10 Å². The van der Waals surface area contributed by atoms with Crippen molar-refractivity contribution in [3.05, 3.63) is 53.1 Å². The molecule has 2 aromatic carbocycles. The molecule has 1 amide bonds. The molecular formula is C17H15ClN2O4. The number of fused-ring (bicyclic) bond motifs is 1. The van der Waals surface area contributed by atoms with Gasteiger partial charge >= 0.3 is 0 Å². The van der Waals surface area contributed by atoms with Crippen molar-refractivity contribution >= 4 is 23.7 Å². The number of nitrogens with zero attached hydrogens (tertiary/aromatic N) is 1. The van der Waals surface area contributed by atoms with Crippen LogP contribution in [-0.2, 0) is 4.79 Å². The van der Waals surface area contributed by atoms with E-state index in [4.69, 9.17) is 25.8 Å². The predicted octanol–water partition coefficient (Wildman–Crippen LogP) is 2.64. The first-order valence-corrected chi connectivity index (χ1v) is 7.60. The molecule has 1 aliphatic heterocycles. The molecule has 2 aromatic rings. The summed E-state index contributed by atoms with van der Waals surface area (Å²) in [5, 5.41) is 4.38. The second-order valence-electron chi connectivity index (χ2n) is 4.99. The molecule has 0 aliphatic carbocycles. The fraction of sp³-hybridized carbons (Fsp3) is 0.176. The number of amides is 1. The quantitative estimate of drug-likeness (QED) is 0.682. The Labute approximate surface area is 144 Å². The van der Waals surface area contributed by atoms with Crippen LogP contribution in [0, 0.1) is 0 Å². The van der Waals surface area contributed by atoms with E-state index in [0.717, 1.165) is 5.56 Å². The molecule has 1 aliphatic rings. The van der Waals surface area contributed by atoms with Gasteiger partial charge in [-0.15, -0.1) is 0 Å². The van der Waals surface area contributed by atoms with Gasteiger partial charge in [-0.05, 0) is 35.9 Å². The minimum Gasteiger partial charge on any atom is -0.495 e. The fourth-order valence-corrected chi connectivity index (χ4v) is 2.42. The van der Waals surface area contributed by atoms with Gasteiger partial charge in [-0.3, -0.25) is 4.79 Å². The minimum atomic E-state index is -0.753. The van der Waals surface area contributed by atoms with Crippen LogP contribution < -0.4 is 19.6 Å². The van der Waals surface area contributed by atoms with Gasteiger partial charge < -0.3 is 14.2 Å². The summed E-state index contributed by atoms with van der Waals surface area (Å²) < 4.78 is 16.2. The van der Waals surface area contributed by atoms with Gasteiger partial charge in [0.05, 0.1) is 18.3 Å². The SMILES string of the molecule is COc1ccc(C=NNC(=O)[C@H]2COc3ccccc3O2)cc1Cl. The second-order valence-corrected chi connectivity index (χ2v) is 5.40. The first-order valence-electron chi connectivity index (χ1n) is 7.22. The summed E-state index contributed by atoms with van der Waals surface area (Å²) in [6.07, 6.45) is 0.734. The van der Waals surface area contributed by atoms with E-state index in [9.17, 15) is 4.79 Å². The Morgan fingerprint density at radius 1 is 1.33 bits per heavy atom. The number of benzene rings is 2. The third kappa shape index (κ3) is 3.60. The van der Waals surface area contributed by atoms with Crippen LogP contribution >= 0.6 is 11.6 Å². The zero-order chi connectivity index (χ0) is 16.9. The highest BCUT2D eigenvalue weighted by atomic mass is 35.5. The molecule has 0 unspecified atom stereocenters.